The first-order valence-electron chi connectivity index (χ1n) is 10.7. The molecule has 7 nitrogen and oxygen atoms in total. The molecule has 11 heteroatoms. The second-order valence-corrected chi connectivity index (χ2v) is 9.40. The molecule has 0 fully saturated rings. The first-order valence-corrected chi connectivity index (χ1v) is 11.5. The van der Waals surface area contributed by atoms with E-state index in [0.29, 0.717) is 30.1 Å². The Bertz CT molecular complexity index is 1310. The molecule has 1 aromatic carbocycles. The normalized spacial score (nSPS) is 16.7. The van der Waals surface area contributed by atoms with Crippen LogP contribution in [0.3, 0.4) is 0 Å². The van der Waals surface area contributed by atoms with Gasteiger partial charge in [-0.2, -0.15) is 5.10 Å². The lowest BCUT2D eigenvalue weighted by Crippen LogP contribution is -2.53. The molecule has 2 atom stereocenters. The van der Waals surface area contributed by atoms with E-state index in [0.717, 1.165) is 28.9 Å². The molecule has 0 radical (unpaired) electrons. The highest BCUT2D eigenvalue weighted by Crippen LogP contribution is 2.37. The van der Waals surface area contributed by atoms with Gasteiger partial charge in [-0.25, -0.2) is 27.8 Å². The van der Waals surface area contributed by atoms with E-state index < -0.39 is 29.1 Å². The van der Waals surface area contributed by atoms with E-state index in [9.17, 15) is 18.3 Å². The number of benzene rings is 1. The maximum Gasteiger partial charge on any atom is 0.142 e. The zero-order chi connectivity index (χ0) is 23.9. The number of hydrogen-bond donors (Lipinski definition) is 1. The minimum absolute atomic E-state index is 0.0153. The number of aromatic nitrogens is 5. The van der Waals surface area contributed by atoms with Crippen molar-refractivity contribution < 1.29 is 18.3 Å². The molecule has 0 aliphatic carbocycles. The van der Waals surface area contributed by atoms with Crippen molar-refractivity contribution in [3.05, 3.63) is 82.9 Å². The number of rotatable bonds is 6. The fourth-order valence-electron chi connectivity index (χ4n) is 4.34. The quantitative estimate of drug-likeness (QED) is 0.449. The molecule has 1 aliphatic rings. The van der Waals surface area contributed by atoms with Crippen molar-refractivity contribution in [1.29, 1.82) is 0 Å². The second-order valence-electron chi connectivity index (χ2n) is 8.32. The Labute approximate surface area is 197 Å². The predicted octanol–water partition coefficient (Wildman–Crippen LogP) is 3.55. The van der Waals surface area contributed by atoms with Crippen molar-refractivity contribution in [2.75, 3.05) is 6.54 Å². The van der Waals surface area contributed by atoms with Gasteiger partial charge in [-0.1, -0.05) is 6.07 Å². The lowest BCUT2D eigenvalue weighted by molar-refractivity contribution is -0.0675. The van der Waals surface area contributed by atoms with Crippen molar-refractivity contribution in [2.24, 2.45) is 0 Å². The van der Waals surface area contributed by atoms with E-state index in [-0.39, 0.29) is 12.1 Å². The van der Waals surface area contributed by atoms with E-state index >= 15 is 0 Å². The van der Waals surface area contributed by atoms with Crippen LogP contribution < -0.4 is 0 Å². The highest BCUT2D eigenvalue weighted by Gasteiger charge is 2.43. The minimum atomic E-state index is -1.72. The maximum atomic E-state index is 14.9. The molecule has 1 aliphatic heterocycles. The standard InChI is InChI=1S/C23H21F3N6OS/c1-14(23(33,11-32-13-28-12-29-32)18-3-2-16(24)7-19(18)26)31-5-4-20-21(10-31)34-22(30-20)15-6-17(25)9-27-8-15/h2-3,6-9,12-14,33H,4-5,10-11H2,1H3. The Morgan fingerprint density at radius 1 is 1.15 bits per heavy atom. The first kappa shape index (κ1) is 22.6. The molecule has 4 heterocycles. The van der Waals surface area contributed by atoms with E-state index in [2.05, 4.69) is 20.1 Å². The smallest absolute Gasteiger partial charge is 0.142 e. The zero-order valence-corrected chi connectivity index (χ0v) is 19.0. The topological polar surface area (TPSA) is 80.0 Å². The van der Waals surface area contributed by atoms with Crippen molar-refractivity contribution in [2.45, 2.75) is 38.1 Å². The van der Waals surface area contributed by atoms with Gasteiger partial charge in [0.2, 0.25) is 0 Å². The third kappa shape index (κ3) is 4.22. The largest absolute Gasteiger partial charge is 0.381 e. The van der Waals surface area contributed by atoms with Crippen LogP contribution in [-0.4, -0.2) is 47.3 Å². The van der Waals surface area contributed by atoms with E-state index in [1.54, 1.807) is 6.20 Å². The van der Waals surface area contributed by atoms with Crippen LogP contribution in [-0.2, 0) is 25.1 Å². The molecule has 0 saturated heterocycles. The van der Waals surface area contributed by atoms with Crippen LogP contribution in [0.4, 0.5) is 13.2 Å². The predicted molar refractivity (Wildman–Crippen MR) is 119 cm³/mol. The third-order valence-corrected chi connectivity index (χ3v) is 7.35. The van der Waals surface area contributed by atoms with Gasteiger partial charge < -0.3 is 5.11 Å². The van der Waals surface area contributed by atoms with Crippen molar-refractivity contribution in [1.82, 2.24) is 29.6 Å². The Morgan fingerprint density at radius 2 is 2.00 bits per heavy atom. The summed E-state index contributed by atoms with van der Waals surface area (Å²) < 4.78 is 43.5. The highest BCUT2D eigenvalue weighted by atomic mass is 32.1. The number of halogens is 3. The molecule has 176 valence electrons. The number of fused-ring (bicyclic) bond motifs is 1. The van der Waals surface area contributed by atoms with Crippen LogP contribution in [0.2, 0.25) is 0 Å². The Morgan fingerprint density at radius 3 is 2.74 bits per heavy atom. The average molecular weight is 487 g/mol. The number of nitrogens with zero attached hydrogens (tertiary/aromatic N) is 6. The van der Waals surface area contributed by atoms with Gasteiger partial charge in [-0.05, 0) is 19.1 Å². The molecule has 5 rings (SSSR count). The molecule has 2 unspecified atom stereocenters. The Kier molecular flexibility index (Phi) is 5.92. The van der Waals surface area contributed by atoms with Crippen LogP contribution in [0.15, 0.2) is 49.3 Å². The van der Waals surface area contributed by atoms with Crippen molar-refractivity contribution in [3.8, 4) is 10.6 Å². The van der Waals surface area contributed by atoms with Gasteiger partial charge in [0, 0.05) is 53.8 Å². The number of aliphatic hydroxyl groups is 1. The lowest BCUT2D eigenvalue weighted by atomic mass is 9.85. The van der Waals surface area contributed by atoms with Gasteiger partial charge in [0.25, 0.3) is 0 Å². The summed E-state index contributed by atoms with van der Waals surface area (Å²) in [5.41, 5.74) is -0.211. The molecule has 4 aromatic rings. The van der Waals surface area contributed by atoms with Gasteiger partial charge in [-0.3, -0.25) is 9.88 Å². The van der Waals surface area contributed by atoms with Gasteiger partial charge >= 0.3 is 0 Å². The number of hydrogen-bond acceptors (Lipinski definition) is 7. The molecule has 0 spiro atoms. The molecule has 1 N–H and O–H groups in total. The summed E-state index contributed by atoms with van der Waals surface area (Å²) in [6.45, 7) is 2.78. The van der Waals surface area contributed by atoms with Crippen LogP contribution in [0.5, 0.6) is 0 Å². The second kappa shape index (κ2) is 8.90. The summed E-state index contributed by atoms with van der Waals surface area (Å²) in [4.78, 5) is 15.5. The zero-order valence-electron chi connectivity index (χ0n) is 18.2. The van der Waals surface area contributed by atoms with E-state index in [1.807, 2.05) is 11.8 Å². The van der Waals surface area contributed by atoms with Crippen molar-refractivity contribution in [3.63, 3.8) is 0 Å². The SMILES string of the molecule is CC(N1CCc2nc(-c3cncc(F)c3)sc2C1)C(O)(Cn1cncn1)c1ccc(F)cc1F. The van der Waals surface area contributed by atoms with Gasteiger partial charge in [0.15, 0.2) is 0 Å². The minimum Gasteiger partial charge on any atom is -0.381 e. The molecule has 0 amide bonds. The molecule has 0 bridgehead atoms. The summed E-state index contributed by atoms with van der Waals surface area (Å²) in [6.07, 6.45) is 6.10. The monoisotopic (exact) mass is 486 g/mol. The summed E-state index contributed by atoms with van der Waals surface area (Å²) in [6, 6.07) is 4.01. The highest BCUT2D eigenvalue weighted by molar-refractivity contribution is 7.15. The molecular formula is C23H21F3N6OS. The van der Waals surface area contributed by atoms with Crippen molar-refractivity contribution >= 4 is 11.3 Å². The first-order chi connectivity index (χ1) is 16.3. The van der Waals surface area contributed by atoms with Gasteiger partial charge in [0.1, 0.15) is 40.7 Å². The molecule has 0 saturated carbocycles. The fourth-order valence-corrected chi connectivity index (χ4v) is 5.46. The van der Waals surface area contributed by atoms with E-state index in [4.69, 9.17) is 0 Å². The number of pyridine rings is 1. The molecular weight excluding hydrogens is 465 g/mol. The Hall–Kier alpha value is -3.15. The molecule has 34 heavy (non-hydrogen) atoms. The summed E-state index contributed by atoms with van der Waals surface area (Å²) in [5, 5.41) is 16.6. The van der Waals surface area contributed by atoms with Crippen LogP contribution in [0.1, 0.15) is 23.1 Å². The van der Waals surface area contributed by atoms with Gasteiger partial charge in [0.05, 0.1) is 18.4 Å². The lowest BCUT2D eigenvalue weighted by Gasteiger charge is -2.42. The molecule has 3 aromatic heterocycles. The maximum absolute atomic E-state index is 14.9. The third-order valence-electron chi connectivity index (χ3n) is 6.22. The summed E-state index contributed by atoms with van der Waals surface area (Å²) >= 11 is 1.44. The number of thiazole rings is 1. The van der Waals surface area contributed by atoms with E-state index in [1.165, 1.54) is 40.8 Å². The average Bonchev–Trinajstić information content (AvgIpc) is 3.47. The van der Waals surface area contributed by atoms with Crippen LogP contribution >= 0.6 is 11.3 Å². The van der Waals surface area contributed by atoms with Crippen LogP contribution in [0, 0.1) is 17.5 Å². The summed E-state index contributed by atoms with van der Waals surface area (Å²) in [5.74, 6) is -1.98. The van der Waals surface area contributed by atoms with Crippen LogP contribution in [0.25, 0.3) is 10.6 Å². The van der Waals surface area contributed by atoms with Gasteiger partial charge in [-0.15, -0.1) is 11.3 Å². The fraction of sp³-hybridized carbons (Fsp3) is 0.304. The Balaban J connectivity index is 1.46. The summed E-state index contributed by atoms with van der Waals surface area (Å²) in [7, 11) is 0.